The van der Waals surface area contributed by atoms with Gasteiger partial charge in [-0.2, -0.15) is 4.98 Å². The zero-order valence-corrected chi connectivity index (χ0v) is 25.1. The molecule has 1 atom stereocenters. The minimum atomic E-state index is -0.262. The highest BCUT2D eigenvalue weighted by Gasteiger charge is 2.33. The number of anilines is 1. The molecule has 1 fully saturated rings. The fraction of sp³-hybridized carbons (Fsp3) is 0.387. The molecule has 2 amide bonds. The number of carbonyl (C=O) groups excluding carboxylic acids is 2. The second-order valence-corrected chi connectivity index (χ2v) is 12.0. The van der Waals surface area contributed by atoms with Crippen molar-refractivity contribution in [3.8, 4) is 17.4 Å². The average molecular weight is 602 g/mol. The van der Waals surface area contributed by atoms with E-state index in [4.69, 9.17) is 19.4 Å². The number of amides is 2. The molecule has 1 aromatic carbocycles. The van der Waals surface area contributed by atoms with Crippen LogP contribution in [-0.4, -0.2) is 75.2 Å². The fourth-order valence-electron chi connectivity index (χ4n) is 5.34. The molecule has 0 aliphatic carbocycles. The number of benzene rings is 1. The van der Waals surface area contributed by atoms with Gasteiger partial charge in [0.15, 0.2) is 11.5 Å². The molecular formula is C31H35N7O4S. The van der Waals surface area contributed by atoms with Crippen LogP contribution in [0.3, 0.4) is 0 Å². The highest BCUT2D eigenvalue weighted by atomic mass is 32.1. The number of thiophene rings is 1. The summed E-state index contributed by atoms with van der Waals surface area (Å²) in [6, 6.07) is 11.4. The van der Waals surface area contributed by atoms with Crippen LogP contribution >= 0.6 is 11.3 Å². The van der Waals surface area contributed by atoms with Gasteiger partial charge in [0.25, 0.3) is 0 Å². The maximum atomic E-state index is 13.5. The maximum Gasteiger partial charge on any atom is 0.237 e. The summed E-state index contributed by atoms with van der Waals surface area (Å²) >= 11 is 1.68. The predicted octanol–water partition coefficient (Wildman–Crippen LogP) is 3.58. The van der Waals surface area contributed by atoms with Gasteiger partial charge in [-0.05, 0) is 41.5 Å². The summed E-state index contributed by atoms with van der Waals surface area (Å²) in [7, 11) is 0. The van der Waals surface area contributed by atoms with E-state index < -0.39 is 0 Å². The molecule has 43 heavy (non-hydrogen) atoms. The summed E-state index contributed by atoms with van der Waals surface area (Å²) in [5.74, 6) is 2.74. The number of carbonyl (C=O) groups is 2. The third-order valence-corrected chi connectivity index (χ3v) is 8.60. The van der Waals surface area contributed by atoms with E-state index >= 15 is 0 Å². The van der Waals surface area contributed by atoms with Crippen LogP contribution < -0.4 is 19.7 Å². The Kier molecular flexibility index (Phi) is 8.55. The second kappa shape index (κ2) is 12.8. The Morgan fingerprint density at radius 1 is 1.12 bits per heavy atom. The van der Waals surface area contributed by atoms with Crippen molar-refractivity contribution < 1.29 is 19.1 Å². The van der Waals surface area contributed by atoms with Crippen LogP contribution in [0, 0.1) is 0 Å². The van der Waals surface area contributed by atoms with E-state index in [-0.39, 0.29) is 43.4 Å². The Hall–Kier alpha value is -4.45. The van der Waals surface area contributed by atoms with Gasteiger partial charge in [0, 0.05) is 55.9 Å². The number of nitrogens with zero attached hydrogens (tertiary/aromatic N) is 6. The normalized spacial score (nSPS) is 16.1. The Labute approximate surface area is 254 Å². The van der Waals surface area contributed by atoms with Gasteiger partial charge in [0.05, 0.1) is 18.2 Å². The summed E-state index contributed by atoms with van der Waals surface area (Å²) in [6.07, 6.45) is 6.45. The molecule has 2 aliphatic rings. The number of hydrogen-bond donors (Lipinski definition) is 1. The number of imidazole rings is 1. The molecule has 5 heterocycles. The van der Waals surface area contributed by atoms with Crippen LogP contribution in [0.2, 0.25) is 0 Å². The van der Waals surface area contributed by atoms with E-state index in [2.05, 4.69) is 35.1 Å². The lowest BCUT2D eigenvalue weighted by Gasteiger charge is -2.42. The summed E-state index contributed by atoms with van der Waals surface area (Å²) in [4.78, 5) is 45.7. The Morgan fingerprint density at radius 2 is 2.00 bits per heavy atom. The van der Waals surface area contributed by atoms with E-state index in [9.17, 15) is 9.59 Å². The van der Waals surface area contributed by atoms with Gasteiger partial charge in [0.2, 0.25) is 24.6 Å². The van der Waals surface area contributed by atoms with Crippen molar-refractivity contribution in [3.05, 3.63) is 76.6 Å². The lowest BCUT2D eigenvalue weighted by atomic mass is 10.0. The Morgan fingerprint density at radius 3 is 2.79 bits per heavy atom. The van der Waals surface area contributed by atoms with Crippen LogP contribution in [0.1, 0.15) is 42.3 Å². The first-order chi connectivity index (χ1) is 20.9. The first-order valence-electron chi connectivity index (χ1n) is 14.5. The molecule has 11 nitrogen and oxygen atoms in total. The molecular weight excluding hydrogens is 566 g/mol. The number of rotatable bonds is 10. The number of piperazine rings is 1. The first kappa shape index (κ1) is 28.7. The number of nitrogens with one attached hydrogen (secondary N) is 1. The number of hydrogen-bond acceptors (Lipinski definition) is 9. The summed E-state index contributed by atoms with van der Waals surface area (Å²) in [5, 5.41) is 5.12. The van der Waals surface area contributed by atoms with Crippen molar-refractivity contribution in [3.63, 3.8) is 0 Å². The summed E-state index contributed by atoms with van der Waals surface area (Å²) in [6.45, 7) is 6.40. The highest BCUT2D eigenvalue weighted by Crippen LogP contribution is 2.33. The summed E-state index contributed by atoms with van der Waals surface area (Å²) in [5.41, 5.74) is 1.76. The lowest BCUT2D eigenvalue weighted by Crippen LogP contribution is -2.56. The quantitative estimate of drug-likeness (QED) is 0.293. The van der Waals surface area contributed by atoms with Crippen LogP contribution in [0.5, 0.6) is 11.5 Å². The molecule has 0 saturated carbocycles. The van der Waals surface area contributed by atoms with Crippen LogP contribution in [0.25, 0.3) is 5.95 Å². The van der Waals surface area contributed by atoms with E-state index in [1.54, 1.807) is 28.4 Å². The standard InChI is InChI=1S/C31H35N7O4S/c1-21(2)25-17-28(35-31(34-25)37-10-9-32-19-37)38-12-11-36(30(40)15-22-5-6-26-27(14-22)42-20-41-26)18-23(38)16-29(39)33-8-7-24-4-3-13-43-24/h3-6,9-10,13-14,17,19,21,23H,7-8,11-12,15-16,18,20H2,1-2H3,(H,33,39). The molecule has 2 aliphatic heterocycles. The van der Waals surface area contributed by atoms with Gasteiger partial charge in [-0.3, -0.25) is 14.2 Å². The van der Waals surface area contributed by atoms with Gasteiger partial charge in [0.1, 0.15) is 12.1 Å². The van der Waals surface area contributed by atoms with E-state index in [0.717, 1.165) is 23.5 Å². The third-order valence-electron chi connectivity index (χ3n) is 7.66. The monoisotopic (exact) mass is 601 g/mol. The Balaban J connectivity index is 1.21. The van der Waals surface area contributed by atoms with E-state index in [1.807, 2.05) is 46.8 Å². The largest absolute Gasteiger partial charge is 0.454 e. The van der Waals surface area contributed by atoms with Crippen molar-refractivity contribution in [2.45, 2.75) is 45.1 Å². The zero-order valence-electron chi connectivity index (χ0n) is 24.3. The molecule has 0 radical (unpaired) electrons. The maximum absolute atomic E-state index is 13.5. The van der Waals surface area contributed by atoms with Crippen molar-refractivity contribution in [2.24, 2.45) is 0 Å². The molecule has 6 rings (SSSR count). The molecule has 12 heteroatoms. The van der Waals surface area contributed by atoms with Gasteiger partial charge >= 0.3 is 0 Å². The van der Waals surface area contributed by atoms with Gasteiger partial charge < -0.3 is 24.6 Å². The van der Waals surface area contributed by atoms with Gasteiger partial charge in [-0.25, -0.2) is 9.97 Å². The van der Waals surface area contributed by atoms with E-state index in [0.29, 0.717) is 43.6 Å². The average Bonchev–Trinajstić information content (AvgIpc) is 3.80. The molecule has 224 valence electrons. The lowest BCUT2D eigenvalue weighted by molar-refractivity contribution is -0.132. The molecule has 1 unspecified atom stereocenters. The Bertz CT molecular complexity index is 1560. The minimum Gasteiger partial charge on any atom is -0.454 e. The van der Waals surface area contributed by atoms with Crippen molar-refractivity contribution in [2.75, 3.05) is 37.9 Å². The van der Waals surface area contributed by atoms with Gasteiger partial charge in [-0.15, -0.1) is 11.3 Å². The molecule has 0 bridgehead atoms. The molecule has 3 aromatic heterocycles. The molecule has 0 spiro atoms. The van der Waals surface area contributed by atoms with Crippen molar-refractivity contribution in [1.29, 1.82) is 0 Å². The van der Waals surface area contributed by atoms with Crippen molar-refractivity contribution in [1.82, 2.24) is 29.7 Å². The zero-order chi connectivity index (χ0) is 29.8. The first-order valence-corrected chi connectivity index (χ1v) is 15.4. The number of ether oxygens (including phenoxy) is 2. The van der Waals surface area contributed by atoms with Crippen LogP contribution in [-0.2, 0) is 22.4 Å². The second-order valence-electron chi connectivity index (χ2n) is 11.0. The van der Waals surface area contributed by atoms with Crippen LogP contribution in [0.15, 0.2) is 60.5 Å². The molecule has 1 saturated heterocycles. The highest BCUT2D eigenvalue weighted by molar-refractivity contribution is 7.09. The predicted molar refractivity (Wildman–Crippen MR) is 163 cm³/mol. The fourth-order valence-corrected chi connectivity index (χ4v) is 6.05. The topological polar surface area (TPSA) is 115 Å². The van der Waals surface area contributed by atoms with E-state index in [1.165, 1.54) is 4.88 Å². The van der Waals surface area contributed by atoms with Crippen molar-refractivity contribution >= 4 is 29.0 Å². The number of aromatic nitrogens is 4. The van der Waals surface area contributed by atoms with Crippen LogP contribution in [0.4, 0.5) is 5.82 Å². The number of fused-ring (bicyclic) bond motifs is 1. The summed E-state index contributed by atoms with van der Waals surface area (Å²) < 4.78 is 12.7. The third kappa shape index (κ3) is 6.80. The van der Waals surface area contributed by atoms with Gasteiger partial charge in [-0.1, -0.05) is 26.0 Å². The smallest absolute Gasteiger partial charge is 0.237 e. The SMILES string of the molecule is CC(C)c1cc(N2CCN(C(=O)Cc3ccc4c(c3)OCO4)CC2CC(=O)NCCc2cccs2)nc(-n2ccnc2)n1. The molecule has 1 N–H and O–H groups in total. The minimum absolute atomic E-state index is 0.00582. The molecule has 4 aromatic rings.